The molecule has 0 aliphatic heterocycles. The van der Waals surface area contributed by atoms with E-state index in [1.54, 1.807) is 32.3 Å². The first-order valence-electron chi connectivity index (χ1n) is 7.09. The average Bonchev–Trinajstić information content (AvgIpc) is 3.12. The number of thiazole rings is 1. The van der Waals surface area contributed by atoms with Crippen molar-refractivity contribution < 1.29 is 13.9 Å². The topological polar surface area (TPSA) is 91.0 Å². The van der Waals surface area contributed by atoms with Gasteiger partial charge in [0.15, 0.2) is 5.13 Å². The molecule has 2 rings (SSSR count). The summed E-state index contributed by atoms with van der Waals surface area (Å²) in [6, 6.07) is 0. The van der Waals surface area contributed by atoms with Crippen LogP contribution in [0.15, 0.2) is 34.6 Å². The highest BCUT2D eigenvalue weighted by Crippen LogP contribution is 2.08. The van der Waals surface area contributed by atoms with Crippen LogP contribution in [-0.4, -0.2) is 37.6 Å². The van der Waals surface area contributed by atoms with E-state index in [0.29, 0.717) is 11.5 Å². The molecular weight excluding hydrogens is 337 g/mol. The summed E-state index contributed by atoms with van der Waals surface area (Å²) in [4.78, 5) is 27.8. The van der Waals surface area contributed by atoms with E-state index in [4.69, 9.17) is 4.74 Å². The lowest BCUT2D eigenvalue weighted by atomic mass is 10.2. The Hall–Kier alpha value is -2.49. The summed E-state index contributed by atoms with van der Waals surface area (Å²) in [6.07, 6.45) is 2.56. The van der Waals surface area contributed by atoms with Crippen LogP contribution in [0.1, 0.15) is 20.8 Å². The minimum absolute atomic E-state index is 0.0937. The highest BCUT2D eigenvalue weighted by atomic mass is 32.1. The molecule has 1 amide bonds. The van der Waals surface area contributed by atoms with Crippen molar-refractivity contribution in [2.24, 2.45) is 0 Å². The van der Waals surface area contributed by atoms with E-state index < -0.39 is 17.4 Å². The van der Waals surface area contributed by atoms with Crippen molar-refractivity contribution in [3.05, 3.63) is 40.3 Å². The van der Waals surface area contributed by atoms with Crippen molar-refractivity contribution in [2.45, 2.75) is 32.9 Å². The van der Waals surface area contributed by atoms with Gasteiger partial charge in [-0.25, -0.2) is 28.2 Å². The molecular formula is C14H18FN5O3S. The van der Waals surface area contributed by atoms with Gasteiger partial charge in [0.25, 0.3) is 0 Å². The number of carbonyl (C=O) groups excluding carboxylic acids is 1. The van der Waals surface area contributed by atoms with E-state index in [-0.39, 0.29) is 18.7 Å². The molecule has 0 fully saturated rings. The van der Waals surface area contributed by atoms with Crippen LogP contribution in [0.5, 0.6) is 0 Å². The number of hydrogen-bond acceptors (Lipinski definition) is 6. The van der Waals surface area contributed by atoms with Crippen molar-refractivity contribution in [3.8, 4) is 5.13 Å². The van der Waals surface area contributed by atoms with Crippen LogP contribution in [0.2, 0.25) is 0 Å². The van der Waals surface area contributed by atoms with Crippen LogP contribution in [0.25, 0.3) is 5.13 Å². The Balaban J connectivity index is 1.99. The van der Waals surface area contributed by atoms with Crippen LogP contribution in [0.4, 0.5) is 9.18 Å². The molecule has 0 bridgehead atoms. The van der Waals surface area contributed by atoms with Crippen molar-refractivity contribution in [3.63, 3.8) is 0 Å². The molecule has 0 aliphatic rings. The number of nitrogens with zero attached hydrogens (tertiary/aromatic N) is 4. The summed E-state index contributed by atoms with van der Waals surface area (Å²) in [5.74, 6) is 0. The molecule has 0 aliphatic carbocycles. The van der Waals surface area contributed by atoms with E-state index in [9.17, 15) is 14.0 Å². The van der Waals surface area contributed by atoms with Crippen LogP contribution >= 0.6 is 11.3 Å². The van der Waals surface area contributed by atoms with Gasteiger partial charge in [0, 0.05) is 18.1 Å². The van der Waals surface area contributed by atoms with E-state index in [1.807, 2.05) is 0 Å². The molecule has 10 heteroatoms. The highest BCUT2D eigenvalue weighted by Gasteiger charge is 2.16. The number of halogens is 1. The van der Waals surface area contributed by atoms with Gasteiger partial charge in [0.05, 0.1) is 12.9 Å². The van der Waals surface area contributed by atoms with E-state index >= 15 is 0 Å². The number of aromatic nitrogens is 4. The van der Waals surface area contributed by atoms with Crippen LogP contribution in [0.3, 0.4) is 0 Å². The summed E-state index contributed by atoms with van der Waals surface area (Å²) in [5.41, 5.74) is -0.915. The first-order chi connectivity index (χ1) is 11.3. The lowest BCUT2D eigenvalue weighted by Gasteiger charge is -2.19. The van der Waals surface area contributed by atoms with Crippen molar-refractivity contribution in [2.75, 3.05) is 6.54 Å². The van der Waals surface area contributed by atoms with Gasteiger partial charge in [0.1, 0.15) is 11.9 Å². The van der Waals surface area contributed by atoms with Gasteiger partial charge in [-0.2, -0.15) is 5.10 Å². The van der Waals surface area contributed by atoms with Crippen LogP contribution < -0.4 is 11.0 Å². The Morgan fingerprint density at radius 3 is 2.83 bits per heavy atom. The number of hydrogen-bond donors (Lipinski definition) is 1. The Kier molecular flexibility index (Phi) is 5.50. The summed E-state index contributed by atoms with van der Waals surface area (Å²) in [7, 11) is 0. The number of amides is 1. The lowest BCUT2D eigenvalue weighted by Crippen LogP contribution is -2.34. The Labute approximate surface area is 141 Å². The lowest BCUT2D eigenvalue weighted by molar-refractivity contribution is 0.0532. The fourth-order valence-electron chi connectivity index (χ4n) is 1.73. The van der Waals surface area contributed by atoms with E-state index in [1.165, 1.54) is 22.2 Å². The summed E-state index contributed by atoms with van der Waals surface area (Å²) >= 11 is 1.28. The molecule has 0 saturated carbocycles. The quantitative estimate of drug-likeness (QED) is 0.884. The molecule has 0 unspecified atom stereocenters. The molecule has 0 spiro atoms. The minimum atomic E-state index is -0.664. The van der Waals surface area contributed by atoms with Crippen molar-refractivity contribution in [1.82, 2.24) is 24.6 Å². The zero-order valence-corrected chi connectivity index (χ0v) is 14.3. The average molecular weight is 355 g/mol. The largest absolute Gasteiger partial charge is 0.444 e. The van der Waals surface area contributed by atoms with Gasteiger partial charge in [-0.1, -0.05) is 0 Å². The smallest absolute Gasteiger partial charge is 0.407 e. The molecule has 0 atom stereocenters. The van der Waals surface area contributed by atoms with Crippen LogP contribution in [-0.2, 0) is 11.3 Å². The number of alkyl carbamates (subject to hydrolysis) is 1. The van der Waals surface area contributed by atoms with Crippen molar-refractivity contribution >= 4 is 17.4 Å². The van der Waals surface area contributed by atoms with E-state index in [0.717, 1.165) is 4.68 Å². The molecule has 24 heavy (non-hydrogen) atoms. The maximum atomic E-state index is 13.0. The van der Waals surface area contributed by atoms with Gasteiger partial charge in [0.2, 0.25) is 0 Å². The second-order valence-corrected chi connectivity index (χ2v) is 6.75. The molecule has 1 N–H and O–H groups in total. The first-order valence-corrected chi connectivity index (χ1v) is 7.97. The van der Waals surface area contributed by atoms with E-state index in [2.05, 4.69) is 15.4 Å². The monoisotopic (exact) mass is 355 g/mol. The fourth-order valence-corrected chi connectivity index (χ4v) is 2.34. The molecule has 0 aromatic carbocycles. The predicted octanol–water partition coefficient (Wildman–Crippen LogP) is 1.87. The minimum Gasteiger partial charge on any atom is -0.444 e. The third kappa shape index (κ3) is 4.75. The number of nitrogens with one attached hydrogen (secondary N) is 1. The fraction of sp³-hybridized carbons (Fsp3) is 0.429. The summed E-state index contributed by atoms with van der Waals surface area (Å²) < 4.78 is 20.4. The standard InChI is InChI=1S/C14H18FN5O3S/c1-14(2,3)23-12(21)17-7-10(6-15)8-20-13(22)19(9-18-20)11-16-4-5-24-11/h4-6,9H,7-8H2,1-3H3,(H,17,21). The normalized spacial score (nSPS) is 12.2. The van der Waals surface area contributed by atoms with Crippen LogP contribution in [0, 0.1) is 0 Å². The maximum absolute atomic E-state index is 13.0. The predicted molar refractivity (Wildman–Crippen MR) is 86.9 cm³/mol. The number of rotatable bonds is 5. The second kappa shape index (κ2) is 7.39. The molecule has 0 saturated heterocycles. The zero-order valence-electron chi connectivity index (χ0n) is 13.5. The molecule has 8 nitrogen and oxygen atoms in total. The maximum Gasteiger partial charge on any atom is 0.407 e. The SMILES string of the molecule is CC(C)(C)OC(=O)NCC(=CF)Cn1ncn(-c2nccs2)c1=O. The Bertz CT molecular complexity index is 773. The number of ether oxygens (including phenoxy) is 1. The van der Waals surface area contributed by atoms with Crippen molar-refractivity contribution in [1.29, 1.82) is 0 Å². The second-order valence-electron chi connectivity index (χ2n) is 5.88. The molecule has 130 valence electrons. The highest BCUT2D eigenvalue weighted by molar-refractivity contribution is 7.12. The first kappa shape index (κ1) is 17.9. The third-order valence-electron chi connectivity index (χ3n) is 2.72. The van der Waals surface area contributed by atoms with Gasteiger partial charge in [-0.05, 0) is 26.3 Å². The molecule has 2 aromatic heterocycles. The zero-order chi connectivity index (χ0) is 17.7. The Morgan fingerprint density at radius 2 is 2.25 bits per heavy atom. The van der Waals surface area contributed by atoms with Gasteiger partial charge >= 0.3 is 11.8 Å². The molecule has 2 aromatic rings. The van der Waals surface area contributed by atoms with Gasteiger partial charge in [-0.15, -0.1) is 11.3 Å². The third-order valence-corrected chi connectivity index (χ3v) is 3.50. The molecule has 0 radical (unpaired) electrons. The van der Waals surface area contributed by atoms with Gasteiger partial charge in [-0.3, -0.25) is 0 Å². The summed E-state index contributed by atoms with van der Waals surface area (Å²) in [6.45, 7) is 4.99. The molecule has 2 heterocycles. The number of carbonyl (C=O) groups is 1. The summed E-state index contributed by atoms with van der Waals surface area (Å²) in [5, 5.41) is 8.57. The Morgan fingerprint density at radius 1 is 1.50 bits per heavy atom. The van der Waals surface area contributed by atoms with Gasteiger partial charge < -0.3 is 10.1 Å².